The molecule has 1 fully saturated rings. The molecule has 0 N–H and O–H groups in total. The number of aryl methyl sites for hydroxylation is 1. The van der Waals surface area contributed by atoms with Crippen molar-refractivity contribution in [3.63, 3.8) is 0 Å². The average molecular weight is 250 g/mol. The summed E-state index contributed by atoms with van der Waals surface area (Å²) in [5.41, 5.74) is 0.731. The molecular weight excluding hydrogens is 234 g/mol. The summed E-state index contributed by atoms with van der Waals surface area (Å²) in [4.78, 5) is 0. The Balaban J connectivity index is 2.02. The van der Waals surface area contributed by atoms with Crippen molar-refractivity contribution in [2.45, 2.75) is 32.6 Å². The number of ether oxygens (including phenoxy) is 1. The predicted octanol–water partition coefficient (Wildman–Crippen LogP) is 4.11. The average Bonchev–Trinajstić information content (AvgIpc) is 2.80. The first-order valence-electron chi connectivity index (χ1n) is 5.95. The lowest BCUT2D eigenvalue weighted by Gasteiger charge is -2.20. The Kier molecular flexibility index (Phi) is 3.59. The fourth-order valence-corrected chi connectivity index (χ4v) is 2.39. The fraction of sp³-hybridized carbons (Fsp3) is 0.500. The van der Waals surface area contributed by atoms with Gasteiger partial charge >= 0.3 is 0 Å². The van der Waals surface area contributed by atoms with Crippen LogP contribution in [-0.4, -0.2) is 6.61 Å². The number of halogens is 1. The third-order valence-electron chi connectivity index (χ3n) is 3.44. The monoisotopic (exact) mass is 249 g/mol. The normalized spacial score (nSPS) is 17.7. The van der Waals surface area contributed by atoms with Crippen LogP contribution < -0.4 is 4.74 Å². The number of nitrogens with zero attached hydrogens (tertiary/aromatic N) is 1. The molecule has 0 atom stereocenters. The van der Waals surface area contributed by atoms with E-state index in [9.17, 15) is 5.26 Å². The van der Waals surface area contributed by atoms with Crippen LogP contribution in [0.3, 0.4) is 0 Å². The smallest absolute Gasteiger partial charge is 0.119 e. The molecule has 2 rings (SSSR count). The third kappa shape index (κ3) is 2.73. The van der Waals surface area contributed by atoms with Gasteiger partial charge in [0.25, 0.3) is 0 Å². The van der Waals surface area contributed by atoms with Crippen LogP contribution >= 0.6 is 11.6 Å². The van der Waals surface area contributed by atoms with Gasteiger partial charge in [-0.2, -0.15) is 5.26 Å². The molecule has 0 bridgehead atoms. The highest BCUT2D eigenvalue weighted by Gasteiger charge is 2.34. The highest BCUT2D eigenvalue weighted by atomic mass is 35.5. The number of benzene rings is 1. The summed E-state index contributed by atoms with van der Waals surface area (Å²) in [7, 11) is 0. The highest BCUT2D eigenvalue weighted by Crippen LogP contribution is 2.38. The Morgan fingerprint density at radius 3 is 2.71 bits per heavy atom. The summed E-state index contributed by atoms with van der Waals surface area (Å²) in [6.45, 7) is 2.44. The molecule has 1 aliphatic carbocycles. The molecule has 3 heteroatoms. The minimum atomic E-state index is -0.270. The van der Waals surface area contributed by atoms with Gasteiger partial charge in [-0.15, -0.1) is 0 Å². The van der Waals surface area contributed by atoms with E-state index in [4.69, 9.17) is 16.3 Å². The van der Waals surface area contributed by atoms with E-state index in [0.717, 1.165) is 42.0 Å². The maximum absolute atomic E-state index is 9.24. The third-order valence-corrected chi connectivity index (χ3v) is 3.87. The Morgan fingerprint density at radius 1 is 1.41 bits per heavy atom. The molecule has 0 radical (unpaired) electrons. The zero-order chi connectivity index (χ0) is 12.3. The van der Waals surface area contributed by atoms with E-state index in [0.29, 0.717) is 6.61 Å². The van der Waals surface area contributed by atoms with Crippen LogP contribution in [0.15, 0.2) is 18.2 Å². The molecule has 1 saturated carbocycles. The lowest BCUT2D eigenvalue weighted by molar-refractivity contribution is 0.201. The maximum atomic E-state index is 9.24. The molecule has 1 aromatic carbocycles. The zero-order valence-corrected chi connectivity index (χ0v) is 10.8. The molecule has 17 heavy (non-hydrogen) atoms. The summed E-state index contributed by atoms with van der Waals surface area (Å²) in [5.74, 6) is 0.799. The number of hydrogen-bond acceptors (Lipinski definition) is 2. The topological polar surface area (TPSA) is 33.0 Å². The van der Waals surface area contributed by atoms with Crippen LogP contribution in [0.25, 0.3) is 0 Å². The van der Waals surface area contributed by atoms with E-state index in [1.165, 1.54) is 0 Å². The molecule has 0 unspecified atom stereocenters. The van der Waals surface area contributed by atoms with Crippen molar-refractivity contribution in [1.82, 2.24) is 0 Å². The molecule has 0 saturated heterocycles. The minimum Gasteiger partial charge on any atom is -0.492 e. The van der Waals surface area contributed by atoms with Gasteiger partial charge in [0.2, 0.25) is 0 Å². The van der Waals surface area contributed by atoms with Crippen molar-refractivity contribution in [3.05, 3.63) is 28.8 Å². The van der Waals surface area contributed by atoms with Crippen LogP contribution in [0.4, 0.5) is 0 Å². The van der Waals surface area contributed by atoms with Crippen molar-refractivity contribution >= 4 is 11.6 Å². The van der Waals surface area contributed by atoms with Gasteiger partial charge in [-0.3, -0.25) is 0 Å². The second-order valence-electron chi connectivity index (χ2n) is 4.80. The van der Waals surface area contributed by atoms with Crippen molar-refractivity contribution in [2.24, 2.45) is 5.41 Å². The number of hydrogen-bond donors (Lipinski definition) is 0. The molecule has 1 aliphatic rings. The van der Waals surface area contributed by atoms with Gasteiger partial charge in [0.1, 0.15) is 12.4 Å². The van der Waals surface area contributed by atoms with Crippen molar-refractivity contribution < 1.29 is 4.74 Å². The minimum absolute atomic E-state index is 0.270. The Morgan fingerprint density at radius 2 is 2.12 bits per heavy atom. The molecule has 90 valence electrons. The van der Waals surface area contributed by atoms with Gasteiger partial charge in [0.05, 0.1) is 11.5 Å². The van der Waals surface area contributed by atoms with E-state index >= 15 is 0 Å². The van der Waals surface area contributed by atoms with Gasteiger partial charge in [0, 0.05) is 5.02 Å². The van der Waals surface area contributed by atoms with Gasteiger partial charge in [-0.05, 0) is 43.5 Å². The quantitative estimate of drug-likeness (QED) is 0.808. The zero-order valence-electron chi connectivity index (χ0n) is 10.0. The molecule has 0 aromatic heterocycles. The predicted molar refractivity (Wildman–Crippen MR) is 68.2 cm³/mol. The largest absolute Gasteiger partial charge is 0.492 e. The maximum Gasteiger partial charge on any atom is 0.119 e. The lowest BCUT2D eigenvalue weighted by Crippen LogP contribution is -2.23. The first-order valence-corrected chi connectivity index (χ1v) is 6.33. The molecule has 0 amide bonds. The van der Waals surface area contributed by atoms with E-state index in [2.05, 4.69) is 6.07 Å². The summed E-state index contributed by atoms with van der Waals surface area (Å²) in [5, 5.41) is 9.99. The summed E-state index contributed by atoms with van der Waals surface area (Å²) < 4.78 is 5.74. The van der Waals surface area contributed by atoms with Gasteiger partial charge in [-0.25, -0.2) is 0 Å². The van der Waals surface area contributed by atoms with Crippen LogP contribution in [0.2, 0.25) is 5.02 Å². The standard InChI is InChI=1S/C14H16ClNO/c1-11-8-12(4-5-13(11)15)17-10-14(9-16)6-2-3-7-14/h4-5,8H,2-3,6-7,10H2,1H3. The summed E-state index contributed by atoms with van der Waals surface area (Å²) in [6, 6.07) is 8.03. The van der Waals surface area contributed by atoms with Crippen molar-refractivity contribution in [2.75, 3.05) is 6.61 Å². The highest BCUT2D eigenvalue weighted by molar-refractivity contribution is 6.31. The van der Waals surface area contributed by atoms with E-state index in [1.54, 1.807) is 0 Å². The van der Waals surface area contributed by atoms with Crippen molar-refractivity contribution in [3.8, 4) is 11.8 Å². The molecular formula is C14H16ClNO. The fourth-order valence-electron chi connectivity index (χ4n) is 2.27. The van der Waals surface area contributed by atoms with E-state index in [-0.39, 0.29) is 5.41 Å². The van der Waals surface area contributed by atoms with E-state index < -0.39 is 0 Å². The summed E-state index contributed by atoms with van der Waals surface area (Å²) >= 11 is 5.95. The SMILES string of the molecule is Cc1cc(OCC2(C#N)CCCC2)ccc1Cl. The van der Waals surface area contributed by atoms with Crippen molar-refractivity contribution in [1.29, 1.82) is 5.26 Å². The van der Waals surface area contributed by atoms with Crippen LogP contribution in [0.1, 0.15) is 31.2 Å². The molecule has 0 aliphatic heterocycles. The lowest BCUT2D eigenvalue weighted by atomic mass is 9.89. The number of rotatable bonds is 3. The van der Waals surface area contributed by atoms with Gasteiger partial charge in [-0.1, -0.05) is 24.4 Å². The van der Waals surface area contributed by atoms with Gasteiger partial charge < -0.3 is 4.74 Å². The Hall–Kier alpha value is -1.20. The molecule has 0 heterocycles. The second-order valence-corrected chi connectivity index (χ2v) is 5.21. The Labute approximate surface area is 107 Å². The van der Waals surface area contributed by atoms with Gasteiger partial charge in [0.15, 0.2) is 0 Å². The Bertz CT molecular complexity index is 444. The first-order chi connectivity index (χ1) is 8.15. The van der Waals surface area contributed by atoms with Crippen LogP contribution in [0.5, 0.6) is 5.75 Å². The summed E-state index contributed by atoms with van der Waals surface area (Å²) in [6.07, 6.45) is 4.18. The first kappa shape index (κ1) is 12.3. The molecule has 0 spiro atoms. The number of nitriles is 1. The second kappa shape index (κ2) is 4.98. The molecule has 1 aromatic rings. The molecule has 2 nitrogen and oxygen atoms in total. The van der Waals surface area contributed by atoms with Crippen LogP contribution in [0, 0.1) is 23.7 Å². The van der Waals surface area contributed by atoms with E-state index in [1.807, 2.05) is 25.1 Å². The van der Waals surface area contributed by atoms with Crippen LogP contribution in [-0.2, 0) is 0 Å².